The van der Waals surface area contributed by atoms with Crippen molar-refractivity contribution in [3.63, 3.8) is 0 Å². The molecule has 0 radical (unpaired) electrons. The van der Waals surface area contributed by atoms with E-state index in [1.807, 2.05) is 32.6 Å². The maximum absolute atomic E-state index is 11.8. The molecule has 0 aromatic heterocycles. The molecule has 0 aromatic carbocycles. The van der Waals surface area contributed by atoms with E-state index < -0.39 is 0 Å². The normalized spacial score (nSPS) is 13.4. The van der Waals surface area contributed by atoms with Crippen molar-refractivity contribution < 1.29 is 9.53 Å². The van der Waals surface area contributed by atoms with Crippen LogP contribution in [0.3, 0.4) is 0 Å². The van der Waals surface area contributed by atoms with E-state index in [0.717, 1.165) is 19.5 Å². The highest BCUT2D eigenvalue weighted by atomic mass is 16.5. The third-order valence-corrected chi connectivity index (χ3v) is 2.83. The van der Waals surface area contributed by atoms with Gasteiger partial charge in [0.25, 0.3) is 0 Å². The molecule has 0 N–H and O–H groups in total. The fourth-order valence-electron chi connectivity index (χ4n) is 1.37. The van der Waals surface area contributed by atoms with E-state index in [9.17, 15) is 4.79 Å². The van der Waals surface area contributed by atoms with Crippen LogP contribution in [0.15, 0.2) is 0 Å². The maximum Gasteiger partial charge on any atom is 0.225 e. The van der Waals surface area contributed by atoms with E-state index >= 15 is 0 Å². The maximum atomic E-state index is 11.8. The third kappa shape index (κ3) is 9.16. The minimum Gasteiger partial charge on any atom is -0.381 e. The molecule has 0 rings (SSSR count). The number of amides is 1. The summed E-state index contributed by atoms with van der Waals surface area (Å²) in [5.74, 6) is 0.777. The van der Waals surface area contributed by atoms with E-state index in [0.29, 0.717) is 12.3 Å². The summed E-state index contributed by atoms with van der Waals surface area (Å²) in [5, 5.41) is 0. The highest BCUT2D eigenvalue weighted by molar-refractivity contribution is 5.76. The molecule has 2 unspecified atom stereocenters. The van der Waals surface area contributed by atoms with Gasteiger partial charge in [0, 0.05) is 20.2 Å². The number of nitrogens with zero attached hydrogens (tertiary/aromatic N) is 1. The van der Waals surface area contributed by atoms with Crippen LogP contribution in [0.2, 0.25) is 0 Å². The Bertz CT molecular complexity index is 183. The van der Waals surface area contributed by atoms with Gasteiger partial charge in [0.05, 0.1) is 12.5 Å². The quantitative estimate of drug-likeness (QED) is 0.688. The highest BCUT2D eigenvalue weighted by Gasteiger charge is 2.16. The van der Waals surface area contributed by atoms with Crippen LogP contribution >= 0.6 is 0 Å². The second-order valence-electron chi connectivity index (χ2n) is 4.20. The summed E-state index contributed by atoms with van der Waals surface area (Å²) >= 11 is 0. The zero-order chi connectivity index (χ0) is 13.8. The van der Waals surface area contributed by atoms with Gasteiger partial charge in [-0.15, -0.1) is 0 Å². The Morgan fingerprint density at radius 2 is 1.76 bits per heavy atom. The first-order valence-electron chi connectivity index (χ1n) is 6.85. The summed E-state index contributed by atoms with van der Waals surface area (Å²) in [6, 6.07) is 0. The summed E-state index contributed by atoms with van der Waals surface area (Å²) < 4.78 is 5.10. The lowest BCUT2D eigenvalue weighted by Gasteiger charge is -2.25. The van der Waals surface area contributed by atoms with Crippen molar-refractivity contribution in [2.75, 3.05) is 20.2 Å². The van der Waals surface area contributed by atoms with E-state index in [1.54, 1.807) is 7.11 Å². The summed E-state index contributed by atoms with van der Waals surface area (Å²) in [5.41, 5.74) is 0. The van der Waals surface area contributed by atoms with E-state index in [1.165, 1.54) is 0 Å². The molecular weight excluding hydrogens is 214 g/mol. The molecule has 2 atom stereocenters. The van der Waals surface area contributed by atoms with E-state index in [2.05, 4.69) is 13.8 Å². The molecule has 0 saturated heterocycles. The monoisotopic (exact) mass is 245 g/mol. The minimum atomic E-state index is 0.0171. The summed E-state index contributed by atoms with van der Waals surface area (Å²) in [6.07, 6.45) is 1.62. The Morgan fingerprint density at radius 1 is 1.24 bits per heavy atom. The lowest BCUT2D eigenvalue weighted by atomic mass is 10.1. The van der Waals surface area contributed by atoms with Crippen molar-refractivity contribution in [1.29, 1.82) is 0 Å². The zero-order valence-electron chi connectivity index (χ0n) is 12.7. The summed E-state index contributed by atoms with van der Waals surface area (Å²) in [7, 11) is 1.64. The Balaban J connectivity index is 0. The molecule has 0 heterocycles. The number of methoxy groups -OCH3 is 1. The number of carbonyl (C=O) groups is 1. The lowest BCUT2D eigenvalue weighted by Crippen LogP contribution is -2.36. The minimum absolute atomic E-state index is 0.0171. The van der Waals surface area contributed by atoms with Gasteiger partial charge in [0.1, 0.15) is 0 Å². The molecule has 104 valence electrons. The predicted octanol–water partition coefficient (Wildman–Crippen LogP) is 3.33. The van der Waals surface area contributed by atoms with Gasteiger partial charge in [-0.25, -0.2) is 0 Å². The van der Waals surface area contributed by atoms with Gasteiger partial charge >= 0.3 is 0 Å². The lowest BCUT2D eigenvalue weighted by molar-refractivity contribution is -0.133. The van der Waals surface area contributed by atoms with Gasteiger partial charge in [-0.2, -0.15) is 0 Å². The molecule has 3 nitrogen and oxygen atoms in total. The van der Waals surface area contributed by atoms with Crippen LogP contribution in [0.5, 0.6) is 0 Å². The van der Waals surface area contributed by atoms with Gasteiger partial charge < -0.3 is 9.64 Å². The fraction of sp³-hybridized carbons (Fsp3) is 0.929. The molecule has 0 aliphatic rings. The molecule has 0 aliphatic heterocycles. The van der Waals surface area contributed by atoms with Crippen molar-refractivity contribution in [2.24, 2.45) is 5.92 Å². The predicted molar refractivity (Wildman–Crippen MR) is 74.1 cm³/mol. The van der Waals surface area contributed by atoms with E-state index in [-0.39, 0.29) is 12.0 Å². The zero-order valence-corrected chi connectivity index (χ0v) is 12.7. The number of carbonyl (C=O) groups excluding carboxylic acids is 1. The van der Waals surface area contributed by atoms with Crippen LogP contribution < -0.4 is 0 Å². The van der Waals surface area contributed by atoms with Gasteiger partial charge in [0.15, 0.2) is 0 Å². The first-order chi connectivity index (χ1) is 8.04. The average Bonchev–Trinajstić information content (AvgIpc) is 2.37. The Morgan fingerprint density at radius 3 is 2.12 bits per heavy atom. The smallest absolute Gasteiger partial charge is 0.225 e. The van der Waals surface area contributed by atoms with E-state index in [4.69, 9.17) is 4.74 Å². The number of hydrogen-bond acceptors (Lipinski definition) is 2. The van der Waals surface area contributed by atoms with Crippen LogP contribution in [-0.4, -0.2) is 37.1 Å². The Hall–Kier alpha value is -0.570. The average molecular weight is 245 g/mol. The van der Waals surface area contributed by atoms with Crippen molar-refractivity contribution >= 4 is 5.91 Å². The molecule has 0 aliphatic carbocycles. The largest absolute Gasteiger partial charge is 0.381 e. The van der Waals surface area contributed by atoms with Crippen LogP contribution in [0.1, 0.15) is 54.4 Å². The van der Waals surface area contributed by atoms with Crippen molar-refractivity contribution in [2.45, 2.75) is 60.5 Å². The Labute approximate surface area is 108 Å². The van der Waals surface area contributed by atoms with Crippen molar-refractivity contribution in [3.8, 4) is 0 Å². The molecular formula is C14H31NO2. The first-order valence-corrected chi connectivity index (χ1v) is 6.85. The fourth-order valence-corrected chi connectivity index (χ4v) is 1.37. The van der Waals surface area contributed by atoms with Crippen LogP contribution in [0.4, 0.5) is 0 Å². The van der Waals surface area contributed by atoms with Crippen LogP contribution in [0.25, 0.3) is 0 Å². The Kier molecular flexibility index (Phi) is 13.2. The van der Waals surface area contributed by atoms with Crippen molar-refractivity contribution in [3.05, 3.63) is 0 Å². The van der Waals surface area contributed by atoms with Gasteiger partial charge in [-0.05, 0) is 19.8 Å². The molecule has 0 aromatic rings. The number of hydrogen-bond donors (Lipinski definition) is 0. The molecule has 0 spiro atoms. The van der Waals surface area contributed by atoms with Crippen LogP contribution in [0, 0.1) is 5.92 Å². The standard InChI is InChI=1S/C12H25NO2.C2H6/c1-6-10(3)9-13(7-2)12(14)8-11(4)15-5;1-2/h10-11H,6-9H2,1-5H3;1-2H3. The number of rotatable bonds is 7. The molecule has 0 saturated carbocycles. The van der Waals surface area contributed by atoms with Crippen molar-refractivity contribution in [1.82, 2.24) is 4.90 Å². The summed E-state index contributed by atoms with van der Waals surface area (Å²) in [6.45, 7) is 13.9. The number of ether oxygens (including phenoxy) is 1. The summed E-state index contributed by atoms with van der Waals surface area (Å²) in [4.78, 5) is 13.8. The SMILES string of the molecule is CC.CCC(C)CN(CC)C(=O)CC(C)OC. The van der Waals surface area contributed by atoms with Gasteiger partial charge in [-0.1, -0.05) is 34.1 Å². The first kappa shape index (κ1) is 18.8. The third-order valence-electron chi connectivity index (χ3n) is 2.83. The topological polar surface area (TPSA) is 29.5 Å². The second-order valence-corrected chi connectivity index (χ2v) is 4.20. The molecule has 0 bridgehead atoms. The second kappa shape index (κ2) is 11.9. The van der Waals surface area contributed by atoms with Gasteiger partial charge in [-0.3, -0.25) is 4.79 Å². The van der Waals surface area contributed by atoms with Gasteiger partial charge in [0.2, 0.25) is 5.91 Å². The molecule has 17 heavy (non-hydrogen) atoms. The molecule has 3 heteroatoms. The highest BCUT2D eigenvalue weighted by Crippen LogP contribution is 2.07. The van der Waals surface area contributed by atoms with Crippen LogP contribution in [-0.2, 0) is 9.53 Å². The molecule has 0 fully saturated rings. The molecule has 1 amide bonds.